The van der Waals surface area contributed by atoms with Crippen LogP contribution in [-0.4, -0.2) is 37.1 Å². The second-order valence-corrected chi connectivity index (χ2v) is 6.49. The van der Waals surface area contributed by atoms with Gasteiger partial charge in [0.15, 0.2) is 0 Å². The van der Waals surface area contributed by atoms with Gasteiger partial charge in [-0.15, -0.1) is 11.3 Å². The van der Waals surface area contributed by atoms with Gasteiger partial charge in [0, 0.05) is 25.1 Å². The van der Waals surface area contributed by atoms with E-state index in [0.29, 0.717) is 0 Å². The number of nitrogens with one attached hydrogen (secondary N) is 1. The second kappa shape index (κ2) is 8.51. The number of carbonyl (C=O) groups is 1. The van der Waals surface area contributed by atoms with Gasteiger partial charge in [-0.1, -0.05) is 19.4 Å². The number of unbranched alkanes of at least 4 members (excludes halogenated alkanes) is 2. The highest BCUT2D eigenvalue weighted by molar-refractivity contribution is 7.10. The Morgan fingerprint density at radius 2 is 2.24 bits per heavy atom. The Hall–Kier alpha value is -0.910. The van der Waals surface area contributed by atoms with Crippen LogP contribution in [0.2, 0.25) is 0 Å². The van der Waals surface area contributed by atoms with Gasteiger partial charge in [-0.2, -0.15) is 0 Å². The summed E-state index contributed by atoms with van der Waals surface area (Å²) in [6.45, 7) is 3.76. The lowest BCUT2D eigenvalue weighted by Gasteiger charge is -2.23. The molecule has 1 aliphatic rings. The summed E-state index contributed by atoms with van der Waals surface area (Å²) >= 11 is 1.72. The lowest BCUT2D eigenvalue weighted by molar-refractivity contribution is -0.130. The lowest BCUT2D eigenvalue weighted by atomic mass is 10.1. The van der Waals surface area contributed by atoms with Gasteiger partial charge >= 0.3 is 0 Å². The van der Waals surface area contributed by atoms with E-state index in [1.165, 1.54) is 4.88 Å². The van der Waals surface area contributed by atoms with Crippen molar-refractivity contribution in [1.29, 1.82) is 0 Å². The number of hydrogen-bond acceptors (Lipinski definition) is 4. The monoisotopic (exact) mass is 310 g/mol. The summed E-state index contributed by atoms with van der Waals surface area (Å²) in [5, 5.41) is 5.58. The van der Waals surface area contributed by atoms with E-state index in [9.17, 15) is 4.79 Å². The molecule has 118 valence electrons. The Kier molecular flexibility index (Phi) is 6.67. The number of rotatable bonds is 9. The largest absolute Gasteiger partial charge is 0.385 e. The Morgan fingerprint density at radius 3 is 2.90 bits per heavy atom. The first-order valence-corrected chi connectivity index (χ1v) is 8.74. The molecule has 2 atom stereocenters. The summed E-state index contributed by atoms with van der Waals surface area (Å²) in [4.78, 5) is 15.8. The minimum atomic E-state index is -0.0129. The maximum absolute atomic E-state index is 12.6. The molecular formula is C16H26N2O2S. The molecule has 1 aliphatic heterocycles. The molecule has 0 radical (unpaired) electrons. The van der Waals surface area contributed by atoms with Crippen molar-refractivity contribution >= 4 is 17.2 Å². The zero-order valence-electron chi connectivity index (χ0n) is 13.0. The van der Waals surface area contributed by atoms with Gasteiger partial charge in [0.25, 0.3) is 0 Å². The molecule has 1 aromatic heterocycles. The fourth-order valence-corrected chi connectivity index (χ4v) is 3.60. The topological polar surface area (TPSA) is 41.6 Å². The summed E-state index contributed by atoms with van der Waals surface area (Å²) in [6.07, 6.45) is 5.22. The van der Waals surface area contributed by atoms with Crippen molar-refractivity contribution < 1.29 is 9.53 Å². The molecule has 0 spiro atoms. The van der Waals surface area contributed by atoms with Crippen LogP contribution >= 0.6 is 11.3 Å². The molecule has 0 aromatic carbocycles. The van der Waals surface area contributed by atoms with Gasteiger partial charge in [-0.25, -0.2) is 0 Å². The summed E-state index contributed by atoms with van der Waals surface area (Å²) in [5.41, 5.74) is 0. The first-order valence-electron chi connectivity index (χ1n) is 7.86. The van der Waals surface area contributed by atoms with Crippen LogP contribution in [0.5, 0.6) is 0 Å². The molecule has 1 aromatic rings. The van der Waals surface area contributed by atoms with E-state index in [4.69, 9.17) is 4.74 Å². The standard InChI is InChI=1S/C16H26N2O2S/c1-3-8-13-16(19)18(10-5-4-6-11-20-2)15(17-13)14-9-7-12-21-14/h7,9,12-13,15,17H,3-6,8,10-11H2,1-2H3. The summed E-state index contributed by atoms with van der Waals surface area (Å²) in [6, 6.07) is 4.15. The second-order valence-electron chi connectivity index (χ2n) is 5.51. The van der Waals surface area contributed by atoms with Gasteiger partial charge in [0.1, 0.15) is 6.17 Å². The van der Waals surface area contributed by atoms with Crippen molar-refractivity contribution in [2.75, 3.05) is 20.3 Å². The molecule has 1 saturated heterocycles. The fourth-order valence-electron chi connectivity index (χ4n) is 2.80. The van der Waals surface area contributed by atoms with Crippen LogP contribution in [0.3, 0.4) is 0 Å². The molecule has 0 aliphatic carbocycles. The highest BCUT2D eigenvalue weighted by Crippen LogP contribution is 2.30. The SMILES string of the molecule is CCCC1NC(c2cccs2)N(CCCCCOC)C1=O. The average Bonchev–Trinajstić information content (AvgIpc) is 3.10. The molecule has 21 heavy (non-hydrogen) atoms. The molecular weight excluding hydrogens is 284 g/mol. The van der Waals surface area contributed by atoms with Gasteiger partial charge in [-0.05, 0) is 37.1 Å². The van der Waals surface area contributed by atoms with Crippen molar-refractivity contribution in [3.05, 3.63) is 22.4 Å². The number of carbonyl (C=O) groups excluding carboxylic acids is 1. The Balaban J connectivity index is 1.94. The number of amides is 1. The highest BCUT2D eigenvalue weighted by atomic mass is 32.1. The summed E-state index contributed by atoms with van der Waals surface area (Å²) in [5.74, 6) is 0.266. The van der Waals surface area contributed by atoms with Crippen molar-refractivity contribution in [2.45, 2.75) is 51.2 Å². The van der Waals surface area contributed by atoms with Crippen LogP contribution in [0, 0.1) is 0 Å². The Morgan fingerprint density at radius 1 is 1.38 bits per heavy atom. The molecule has 1 amide bonds. The molecule has 2 unspecified atom stereocenters. The summed E-state index contributed by atoms with van der Waals surface area (Å²) in [7, 11) is 1.73. The van der Waals surface area contributed by atoms with E-state index in [0.717, 1.165) is 45.3 Å². The van der Waals surface area contributed by atoms with Crippen LogP contribution in [0.4, 0.5) is 0 Å². The summed E-state index contributed by atoms with van der Waals surface area (Å²) < 4.78 is 5.07. The first kappa shape index (κ1) is 16.5. The normalized spacial score (nSPS) is 22.2. The highest BCUT2D eigenvalue weighted by Gasteiger charge is 2.38. The third-order valence-electron chi connectivity index (χ3n) is 3.89. The predicted molar refractivity (Wildman–Crippen MR) is 86.3 cm³/mol. The molecule has 2 rings (SSSR count). The number of hydrogen-bond donors (Lipinski definition) is 1. The van der Waals surface area contributed by atoms with Crippen molar-refractivity contribution in [3.8, 4) is 0 Å². The molecule has 5 heteroatoms. The van der Waals surface area contributed by atoms with Crippen molar-refractivity contribution in [2.24, 2.45) is 0 Å². The maximum Gasteiger partial charge on any atom is 0.241 e. The third kappa shape index (κ3) is 4.28. The van der Waals surface area contributed by atoms with Gasteiger partial charge in [-0.3, -0.25) is 10.1 Å². The lowest BCUT2D eigenvalue weighted by Crippen LogP contribution is -2.31. The molecule has 1 fully saturated rings. The van der Waals surface area contributed by atoms with Crippen LogP contribution < -0.4 is 5.32 Å². The van der Waals surface area contributed by atoms with E-state index in [1.54, 1.807) is 18.4 Å². The average molecular weight is 310 g/mol. The molecule has 4 nitrogen and oxygen atoms in total. The fraction of sp³-hybridized carbons (Fsp3) is 0.688. The van der Waals surface area contributed by atoms with E-state index < -0.39 is 0 Å². The van der Waals surface area contributed by atoms with Crippen LogP contribution in [0.15, 0.2) is 17.5 Å². The minimum Gasteiger partial charge on any atom is -0.385 e. The maximum atomic E-state index is 12.6. The van der Waals surface area contributed by atoms with Gasteiger partial charge in [0.05, 0.1) is 6.04 Å². The number of thiophene rings is 1. The zero-order valence-corrected chi connectivity index (χ0v) is 13.8. The number of ether oxygens (including phenoxy) is 1. The Labute approximate surface area is 131 Å². The zero-order chi connectivity index (χ0) is 15.1. The third-order valence-corrected chi connectivity index (χ3v) is 4.81. The van der Waals surface area contributed by atoms with E-state index in [2.05, 4.69) is 29.8 Å². The minimum absolute atomic E-state index is 0.0129. The van der Waals surface area contributed by atoms with Gasteiger partial charge < -0.3 is 9.64 Å². The quantitative estimate of drug-likeness (QED) is 0.712. The smallest absolute Gasteiger partial charge is 0.241 e. The predicted octanol–water partition coefficient (Wildman–Crippen LogP) is 3.16. The molecule has 0 bridgehead atoms. The van der Waals surface area contributed by atoms with E-state index in [1.807, 2.05) is 4.90 Å². The van der Waals surface area contributed by atoms with Crippen molar-refractivity contribution in [1.82, 2.24) is 10.2 Å². The van der Waals surface area contributed by atoms with Crippen LogP contribution in [0.25, 0.3) is 0 Å². The Bertz CT molecular complexity index is 422. The van der Waals surface area contributed by atoms with Crippen molar-refractivity contribution in [3.63, 3.8) is 0 Å². The van der Waals surface area contributed by atoms with Crippen LogP contribution in [-0.2, 0) is 9.53 Å². The molecule has 0 saturated carbocycles. The molecule has 2 heterocycles. The van der Waals surface area contributed by atoms with E-state index >= 15 is 0 Å². The first-order chi connectivity index (χ1) is 10.3. The van der Waals surface area contributed by atoms with Gasteiger partial charge in [0.2, 0.25) is 5.91 Å². The molecule has 1 N–H and O–H groups in total. The number of methoxy groups -OCH3 is 1. The van der Waals surface area contributed by atoms with E-state index in [-0.39, 0.29) is 18.1 Å². The number of nitrogens with zero attached hydrogens (tertiary/aromatic N) is 1. The van der Waals surface area contributed by atoms with Crippen LogP contribution in [0.1, 0.15) is 50.1 Å².